The minimum atomic E-state index is 0.252. The minimum Gasteiger partial charge on any atom is -0.0991 e. The molecule has 0 saturated carbocycles. The summed E-state index contributed by atoms with van der Waals surface area (Å²) in [6, 6.07) is 0. The number of hydrogen-bond donors (Lipinski definition) is 0. The summed E-state index contributed by atoms with van der Waals surface area (Å²) in [5.41, 5.74) is 0. The molecule has 0 spiro atoms. The van der Waals surface area contributed by atoms with Gasteiger partial charge < -0.3 is 0 Å². The predicted molar refractivity (Wildman–Crippen MR) is 176 cm³/mol. The van der Waals surface area contributed by atoms with Crippen LogP contribution in [0.15, 0.2) is 0 Å². The van der Waals surface area contributed by atoms with Gasteiger partial charge in [0.15, 0.2) is 0 Å². The first kappa shape index (κ1) is 36.9. The maximum Gasteiger partial charge on any atom is -0.000583 e. The molecule has 0 aromatic heterocycles. The summed E-state index contributed by atoms with van der Waals surface area (Å²) in [6.07, 6.45) is 42.0. The Bertz CT molecular complexity index is 337. The highest BCUT2D eigenvalue weighted by Crippen LogP contribution is 2.61. The fourth-order valence-electron chi connectivity index (χ4n) is 5.67. The van der Waals surface area contributed by atoms with Crippen molar-refractivity contribution in [2.45, 2.75) is 194 Å². The Morgan fingerprint density at radius 1 is 0.306 bits per heavy atom. The van der Waals surface area contributed by atoms with E-state index in [1.54, 1.807) is 56.8 Å². The van der Waals surface area contributed by atoms with E-state index in [0.717, 1.165) is 5.40 Å². The molecule has 0 N–H and O–H groups in total. The topological polar surface area (TPSA) is 0 Å². The second-order valence-corrected chi connectivity index (χ2v) is 17.5. The Balaban J connectivity index is 5.32. The summed E-state index contributed by atoms with van der Waals surface area (Å²) in [5.74, 6) is 0. The van der Waals surface area contributed by atoms with Crippen LogP contribution in [0, 0.1) is 0 Å². The molecular formula is C34H72P2. The van der Waals surface area contributed by atoms with Crippen molar-refractivity contribution < 1.29 is 0 Å². The van der Waals surface area contributed by atoms with Crippen LogP contribution < -0.4 is 0 Å². The van der Waals surface area contributed by atoms with Gasteiger partial charge in [-0.25, -0.2) is 0 Å². The van der Waals surface area contributed by atoms with Crippen molar-refractivity contribution in [1.82, 2.24) is 0 Å². The molecule has 0 unspecified atom stereocenters. The van der Waals surface area contributed by atoms with Gasteiger partial charge in [0.2, 0.25) is 0 Å². The molecule has 36 heavy (non-hydrogen) atoms. The molecule has 0 aliphatic heterocycles. The molecule has 218 valence electrons. The zero-order chi connectivity index (χ0) is 26.5. The highest BCUT2D eigenvalue weighted by molar-refractivity contribution is 7.75. The summed E-state index contributed by atoms with van der Waals surface area (Å²) in [4.78, 5) is 0. The fourth-order valence-corrected chi connectivity index (χ4v) is 14.2. The maximum atomic E-state index is 2.41. The zero-order valence-corrected chi connectivity index (χ0v) is 28.1. The fraction of sp³-hybridized carbons (Fsp3) is 1.00. The molecule has 0 aromatic carbocycles. The van der Waals surface area contributed by atoms with Crippen molar-refractivity contribution in [2.75, 3.05) is 24.6 Å². The normalized spacial score (nSPS) is 12.0. The minimum absolute atomic E-state index is 0.252. The van der Waals surface area contributed by atoms with E-state index in [-0.39, 0.29) is 15.8 Å². The predicted octanol–water partition coefficient (Wildman–Crippen LogP) is 13.7. The van der Waals surface area contributed by atoms with Crippen LogP contribution in [0.25, 0.3) is 0 Å². The molecule has 0 bridgehead atoms. The van der Waals surface area contributed by atoms with Gasteiger partial charge in [-0.15, -0.1) is 0 Å². The lowest BCUT2D eigenvalue weighted by Crippen LogP contribution is -2.13. The smallest absolute Gasteiger partial charge is 0.000583 e. The lowest BCUT2D eigenvalue weighted by atomic mass is 10.2. The standard InChI is InChI=1S/C34H72P2/c1-6-11-16-20-25-30-35(31-26-21-17-12-7-2)34(29-24-15-10-5)36(32-27-22-18-13-8-3)33-28-23-19-14-9-4/h34H,6-33H2,1-5H3. The lowest BCUT2D eigenvalue weighted by Gasteiger charge is -2.36. The lowest BCUT2D eigenvalue weighted by molar-refractivity contribution is 0.644. The summed E-state index contributed by atoms with van der Waals surface area (Å²) in [5, 5.41) is 1.15. The summed E-state index contributed by atoms with van der Waals surface area (Å²) < 4.78 is 0. The van der Waals surface area contributed by atoms with Crippen LogP contribution in [0.5, 0.6) is 0 Å². The molecule has 0 atom stereocenters. The molecule has 0 rings (SSSR count). The van der Waals surface area contributed by atoms with Gasteiger partial charge in [0.1, 0.15) is 0 Å². The second kappa shape index (κ2) is 30.4. The third-order valence-corrected chi connectivity index (χ3v) is 15.8. The monoisotopic (exact) mass is 543 g/mol. The SMILES string of the molecule is CCCCCCCP(CCCCCCC)C(CCCCC)P(CCCCCCC)CCCCCCC. The molecule has 0 nitrogen and oxygen atoms in total. The molecule has 0 radical (unpaired) electrons. The van der Waals surface area contributed by atoms with E-state index in [1.807, 2.05) is 0 Å². The highest BCUT2D eigenvalue weighted by atomic mass is 31.2. The first-order valence-corrected chi connectivity index (χ1v) is 20.8. The summed E-state index contributed by atoms with van der Waals surface area (Å²) in [6.45, 7) is 11.9. The van der Waals surface area contributed by atoms with Gasteiger partial charge in [0.25, 0.3) is 0 Å². The highest BCUT2D eigenvalue weighted by Gasteiger charge is 2.27. The van der Waals surface area contributed by atoms with E-state index in [4.69, 9.17) is 0 Å². The van der Waals surface area contributed by atoms with E-state index >= 15 is 0 Å². The van der Waals surface area contributed by atoms with Crippen LogP contribution in [-0.2, 0) is 0 Å². The third-order valence-electron chi connectivity index (χ3n) is 8.10. The average Bonchev–Trinajstić information content (AvgIpc) is 2.89. The zero-order valence-electron chi connectivity index (χ0n) is 26.3. The van der Waals surface area contributed by atoms with Crippen LogP contribution in [0.3, 0.4) is 0 Å². The van der Waals surface area contributed by atoms with Gasteiger partial charge >= 0.3 is 0 Å². The van der Waals surface area contributed by atoms with Gasteiger partial charge in [-0.05, 0) is 62.2 Å². The Morgan fingerprint density at radius 3 is 0.833 bits per heavy atom. The molecule has 0 heterocycles. The van der Waals surface area contributed by atoms with Gasteiger partial charge in [-0.1, -0.05) is 172 Å². The molecule has 2 heteroatoms. The average molecular weight is 543 g/mol. The number of unbranched alkanes of at least 4 members (excludes halogenated alkanes) is 18. The third kappa shape index (κ3) is 22.8. The largest absolute Gasteiger partial charge is 0.0991 e. The van der Waals surface area contributed by atoms with Crippen LogP contribution in [0.4, 0.5) is 0 Å². The number of hydrogen-bond acceptors (Lipinski definition) is 0. The summed E-state index contributed by atoms with van der Waals surface area (Å²) in [7, 11) is 0.504. The summed E-state index contributed by atoms with van der Waals surface area (Å²) >= 11 is 0. The molecule has 0 amide bonds. The molecule has 0 fully saturated rings. The molecule has 0 aromatic rings. The van der Waals surface area contributed by atoms with E-state index in [1.165, 1.54) is 122 Å². The molecule has 0 saturated heterocycles. The molecule has 0 aliphatic carbocycles. The Morgan fingerprint density at radius 2 is 0.556 bits per heavy atom. The van der Waals surface area contributed by atoms with Crippen LogP contribution in [-0.4, -0.2) is 30.0 Å². The molecular weight excluding hydrogens is 470 g/mol. The quantitative estimate of drug-likeness (QED) is 0.0625. The van der Waals surface area contributed by atoms with Crippen LogP contribution in [0.1, 0.15) is 189 Å². The van der Waals surface area contributed by atoms with Crippen LogP contribution in [0.2, 0.25) is 0 Å². The van der Waals surface area contributed by atoms with Gasteiger partial charge in [0, 0.05) is 0 Å². The van der Waals surface area contributed by atoms with Gasteiger partial charge in [-0.2, -0.15) is 0 Å². The first-order chi connectivity index (χ1) is 17.7. The van der Waals surface area contributed by atoms with E-state index < -0.39 is 0 Å². The Hall–Kier alpha value is 0.860. The molecule has 0 aliphatic rings. The van der Waals surface area contributed by atoms with Crippen molar-refractivity contribution >= 4 is 15.8 Å². The van der Waals surface area contributed by atoms with Crippen molar-refractivity contribution in [1.29, 1.82) is 0 Å². The van der Waals surface area contributed by atoms with Crippen molar-refractivity contribution in [3.8, 4) is 0 Å². The Kier molecular flexibility index (Phi) is 31.1. The van der Waals surface area contributed by atoms with Crippen molar-refractivity contribution in [3.63, 3.8) is 0 Å². The van der Waals surface area contributed by atoms with Gasteiger partial charge in [-0.3, -0.25) is 0 Å². The van der Waals surface area contributed by atoms with Crippen molar-refractivity contribution in [2.24, 2.45) is 0 Å². The van der Waals surface area contributed by atoms with Gasteiger partial charge in [0.05, 0.1) is 0 Å². The van der Waals surface area contributed by atoms with Crippen molar-refractivity contribution in [3.05, 3.63) is 0 Å². The van der Waals surface area contributed by atoms with E-state index in [9.17, 15) is 0 Å². The van der Waals surface area contributed by atoms with E-state index in [2.05, 4.69) is 34.6 Å². The Labute approximate surface area is 234 Å². The maximum absolute atomic E-state index is 2.41. The van der Waals surface area contributed by atoms with Crippen LogP contribution >= 0.6 is 15.8 Å². The second-order valence-electron chi connectivity index (χ2n) is 11.7. The van der Waals surface area contributed by atoms with E-state index in [0.29, 0.717) is 0 Å². The number of rotatable bonds is 30. The first-order valence-electron chi connectivity index (χ1n) is 17.2.